The van der Waals surface area contributed by atoms with Gasteiger partial charge in [-0.1, -0.05) is 0 Å². The van der Waals surface area contributed by atoms with Crippen LogP contribution in [0.15, 0.2) is 126 Å². The Morgan fingerprint density at radius 1 is 0.571 bits per heavy atom. The molecule has 10 rings (SSSR count). The van der Waals surface area contributed by atoms with Crippen molar-refractivity contribution in [1.29, 1.82) is 0 Å². The maximum absolute atomic E-state index is 5.33. The van der Waals surface area contributed by atoms with E-state index in [0.29, 0.717) is 17.6 Å². The summed E-state index contributed by atoms with van der Waals surface area (Å²) in [7, 11) is 0. The molecule has 0 N–H and O–H groups in total. The average Bonchev–Trinajstić information content (AvgIpc) is 3.71. The third-order valence-corrected chi connectivity index (χ3v) is 11.6. The number of hydrogen-bond acceptors (Lipinski definition) is 6. The second kappa shape index (κ2) is 8.20. The van der Waals surface area contributed by atoms with Crippen molar-refractivity contribution in [3.05, 3.63) is 118 Å². The minimum atomic E-state index is -1.48. The topological polar surface area (TPSA) is 84.0 Å². The summed E-state index contributed by atoms with van der Waals surface area (Å²) in [5.74, 6) is 4.97. The molecule has 0 fully saturated rings. The molecule has 5 aliphatic rings. The molecule has 42 heavy (non-hydrogen) atoms. The molecule has 1 atom stereocenters. The molecule has 2 aromatic heterocycles. The molecular formula is C33H20N8Sb. The molecular weight excluding hydrogens is 630 g/mol. The Hall–Kier alpha value is -4.68. The molecule has 3 aromatic carbocycles. The predicted octanol–water partition coefficient (Wildman–Crippen LogP) is 4.97. The van der Waals surface area contributed by atoms with E-state index >= 15 is 0 Å². The first kappa shape index (κ1) is 22.9. The molecule has 9 heteroatoms. The van der Waals surface area contributed by atoms with Crippen LogP contribution in [0, 0.1) is 5.92 Å². The van der Waals surface area contributed by atoms with Crippen LogP contribution in [-0.4, -0.2) is 51.0 Å². The quantitative estimate of drug-likeness (QED) is 0.212. The summed E-state index contributed by atoms with van der Waals surface area (Å²) in [4.78, 5) is 31.3. The summed E-state index contributed by atoms with van der Waals surface area (Å²) in [6.07, 6.45) is 5.53. The Balaban J connectivity index is 1.45. The summed E-state index contributed by atoms with van der Waals surface area (Å²) in [5, 5.41) is 4.22. The van der Waals surface area contributed by atoms with Crippen molar-refractivity contribution in [2.24, 2.45) is 35.9 Å². The van der Waals surface area contributed by atoms with Crippen molar-refractivity contribution in [3.63, 3.8) is 0 Å². The van der Waals surface area contributed by atoms with Gasteiger partial charge < -0.3 is 0 Å². The standard InChI is InChI=1S/C33H20N8.Sb/c1-17-14-15-24-25(16-17)33-40-31-23-13-7-6-12-22(23)29(38-31)36-27-19-9-3-2-8-18(19)26(34-27)35-28-20-10-4-5-11-21(20)30(37-28)39-32(24)41-33;/h2-13,15-17H,14H2,1H3;/q-2;+2. The van der Waals surface area contributed by atoms with Gasteiger partial charge >= 0.3 is 252 Å². The van der Waals surface area contributed by atoms with Gasteiger partial charge in [0, 0.05) is 0 Å². The number of fused-ring (bicyclic) bond motifs is 14. The van der Waals surface area contributed by atoms with Gasteiger partial charge in [-0.25, -0.2) is 0 Å². The normalized spacial score (nSPS) is 19.4. The van der Waals surface area contributed by atoms with Crippen LogP contribution < -0.4 is 11.0 Å². The van der Waals surface area contributed by atoms with Gasteiger partial charge in [0.05, 0.1) is 0 Å². The molecule has 5 aromatic rings. The zero-order valence-corrected chi connectivity index (χ0v) is 24.9. The molecule has 1 aliphatic carbocycles. The zero-order valence-electron chi connectivity index (χ0n) is 22.4. The zero-order chi connectivity index (χ0) is 27.5. The van der Waals surface area contributed by atoms with E-state index in [9.17, 15) is 0 Å². The second-order valence-electron chi connectivity index (χ2n) is 11.0. The van der Waals surface area contributed by atoms with Crippen molar-refractivity contribution in [2.45, 2.75) is 13.3 Å². The van der Waals surface area contributed by atoms with Crippen molar-refractivity contribution >= 4 is 78.7 Å². The van der Waals surface area contributed by atoms with E-state index in [0.717, 1.165) is 84.5 Å². The number of amidine groups is 4. The number of allylic oxidation sites excluding steroid dienone is 2. The molecule has 0 amide bonds. The van der Waals surface area contributed by atoms with Gasteiger partial charge in [-0.05, 0) is 0 Å². The molecule has 197 valence electrons. The Morgan fingerprint density at radius 3 is 1.79 bits per heavy atom. The number of hydrogen-bond donors (Lipinski definition) is 0. The summed E-state index contributed by atoms with van der Waals surface area (Å²) in [6, 6.07) is 25.1. The van der Waals surface area contributed by atoms with Gasteiger partial charge in [-0.3, -0.25) is 0 Å². The number of nitrogens with zero attached hydrogens (tertiary/aromatic N) is 8. The predicted molar refractivity (Wildman–Crippen MR) is 166 cm³/mol. The third kappa shape index (κ3) is 3.02. The first-order valence-electron chi connectivity index (χ1n) is 14.0. The number of rotatable bonds is 0. The average molecular weight is 650 g/mol. The van der Waals surface area contributed by atoms with Crippen LogP contribution in [0.25, 0.3) is 21.5 Å². The fourth-order valence-corrected chi connectivity index (χ4v) is 9.63. The van der Waals surface area contributed by atoms with Crippen LogP contribution in [0.1, 0.15) is 24.5 Å². The summed E-state index contributed by atoms with van der Waals surface area (Å²) >= 11 is -1.48. The molecule has 6 heterocycles. The van der Waals surface area contributed by atoms with Crippen LogP contribution in [0.2, 0.25) is 0 Å². The first-order valence-corrected chi connectivity index (χ1v) is 16.3. The van der Waals surface area contributed by atoms with E-state index in [1.165, 1.54) is 0 Å². The van der Waals surface area contributed by atoms with Crippen LogP contribution in [0.5, 0.6) is 0 Å². The van der Waals surface area contributed by atoms with E-state index in [2.05, 4.69) is 85.2 Å². The van der Waals surface area contributed by atoms with E-state index in [-0.39, 0.29) is 0 Å². The van der Waals surface area contributed by atoms with Crippen molar-refractivity contribution in [1.82, 2.24) is 5.45 Å². The van der Waals surface area contributed by atoms with Crippen molar-refractivity contribution in [3.8, 4) is 0 Å². The molecule has 4 aliphatic heterocycles. The van der Waals surface area contributed by atoms with E-state index in [4.69, 9.17) is 30.0 Å². The van der Waals surface area contributed by atoms with Gasteiger partial charge in [-0.2, -0.15) is 0 Å². The van der Waals surface area contributed by atoms with Crippen molar-refractivity contribution < 1.29 is 0 Å². The van der Waals surface area contributed by atoms with Gasteiger partial charge in [0.15, 0.2) is 0 Å². The SMILES string of the molecule is CC1C=C2C(=CC1)C1=NC2=Nc2c3ccccc3c3[n]2[Sb][n]2c(c4ccccc4c2=NC2=NC(=N3)c3ccccc32)=N1. The summed E-state index contributed by atoms with van der Waals surface area (Å²) < 4.78 is 4.66. The third-order valence-electron chi connectivity index (χ3n) is 8.40. The number of aromatic nitrogens is 2. The van der Waals surface area contributed by atoms with Gasteiger partial charge in [-0.15, -0.1) is 0 Å². The molecule has 8 nitrogen and oxygen atoms in total. The molecule has 1 unspecified atom stereocenters. The molecule has 0 spiro atoms. The number of aliphatic imine (C=N–C) groups is 4. The fourth-order valence-electron chi connectivity index (χ4n) is 6.41. The summed E-state index contributed by atoms with van der Waals surface area (Å²) in [5.41, 5.74) is 5.87. The minimum absolute atomic E-state index is 0.410. The Kier molecular flexibility index (Phi) is 4.48. The van der Waals surface area contributed by atoms with Gasteiger partial charge in [0.25, 0.3) is 0 Å². The molecule has 0 saturated heterocycles. The van der Waals surface area contributed by atoms with Crippen LogP contribution in [0.3, 0.4) is 0 Å². The molecule has 6 bridgehead atoms. The Bertz CT molecular complexity index is 2430. The van der Waals surface area contributed by atoms with Crippen LogP contribution in [-0.2, 0) is 0 Å². The molecule has 0 saturated carbocycles. The Morgan fingerprint density at radius 2 is 1.10 bits per heavy atom. The molecule has 1 radical (unpaired) electrons. The van der Waals surface area contributed by atoms with Gasteiger partial charge in [0.2, 0.25) is 0 Å². The van der Waals surface area contributed by atoms with Crippen LogP contribution >= 0.6 is 0 Å². The monoisotopic (exact) mass is 649 g/mol. The van der Waals surface area contributed by atoms with E-state index < -0.39 is 22.2 Å². The van der Waals surface area contributed by atoms with Crippen LogP contribution in [0.4, 0.5) is 11.6 Å². The van der Waals surface area contributed by atoms with Gasteiger partial charge in [0.1, 0.15) is 0 Å². The van der Waals surface area contributed by atoms with E-state index in [1.54, 1.807) is 0 Å². The second-order valence-corrected chi connectivity index (χ2v) is 13.8. The van der Waals surface area contributed by atoms with E-state index in [1.807, 2.05) is 12.1 Å². The number of benzene rings is 3. The van der Waals surface area contributed by atoms with Crippen molar-refractivity contribution in [2.75, 3.05) is 0 Å². The maximum atomic E-state index is 5.33. The summed E-state index contributed by atoms with van der Waals surface area (Å²) in [6.45, 7) is 2.24. The fraction of sp³-hybridized carbons (Fsp3) is 0.0909. The Labute approximate surface area is 250 Å². The first-order chi connectivity index (χ1) is 20.7.